The summed E-state index contributed by atoms with van der Waals surface area (Å²) in [5.41, 5.74) is 3.19. The number of amides is 1. The number of allylic oxidation sites excluding steroid dienone is 2. The SMILES string of the molecule is O=C(O)N1C=Cc2ccccc2[C@@H]1C1=CCCC=C1. The van der Waals surface area contributed by atoms with Crippen molar-refractivity contribution >= 4 is 12.2 Å². The van der Waals surface area contributed by atoms with E-state index in [1.807, 2.05) is 36.4 Å². The predicted molar refractivity (Wildman–Crippen MR) is 74.5 cm³/mol. The zero-order chi connectivity index (χ0) is 13.2. The Bertz CT molecular complexity index is 599. The Morgan fingerprint density at radius 1 is 1.21 bits per heavy atom. The maximum Gasteiger partial charge on any atom is 0.412 e. The maximum absolute atomic E-state index is 11.4. The highest BCUT2D eigenvalue weighted by atomic mass is 16.4. The zero-order valence-electron chi connectivity index (χ0n) is 10.5. The Hall–Kier alpha value is -2.29. The molecule has 0 unspecified atom stereocenters. The maximum atomic E-state index is 11.4. The van der Waals surface area contributed by atoms with Crippen LogP contribution in [0.15, 0.2) is 54.3 Å². The molecule has 0 radical (unpaired) electrons. The van der Waals surface area contributed by atoms with Crippen molar-refractivity contribution in [2.45, 2.75) is 18.9 Å². The van der Waals surface area contributed by atoms with Crippen LogP contribution in [0, 0.1) is 0 Å². The Labute approximate surface area is 112 Å². The third-order valence-corrected chi connectivity index (χ3v) is 3.54. The van der Waals surface area contributed by atoms with Crippen LogP contribution in [0.5, 0.6) is 0 Å². The highest BCUT2D eigenvalue weighted by Gasteiger charge is 2.29. The monoisotopic (exact) mass is 253 g/mol. The average Bonchev–Trinajstić information content (AvgIpc) is 2.46. The van der Waals surface area contributed by atoms with Crippen molar-refractivity contribution in [3.8, 4) is 0 Å². The van der Waals surface area contributed by atoms with Crippen LogP contribution in [0.1, 0.15) is 30.0 Å². The molecule has 0 saturated carbocycles. The Morgan fingerprint density at radius 2 is 2.05 bits per heavy atom. The average molecular weight is 253 g/mol. The van der Waals surface area contributed by atoms with E-state index in [4.69, 9.17) is 0 Å². The van der Waals surface area contributed by atoms with Gasteiger partial charge in [0.15, 0.2) is 0 Å². The van der Waals surface area contributed by atoms with Gasteiger partial charge in [-0.1, -0.05) is 42.5 Å². The predicted octanol–water partition coefficient (Wildman–Crippen LogP) is 3.97. The fourth-order valence-electron chi connectivity index (χ4n) is 2.66. The van der Waals surface area contributed by atoms with Crippen LogP contribution in [-0.4, -0.2) is 16.1 Å². The molecule has 1 aromatic rings. The van der Waals surface area contributed by atoms with Crippen LogP contribution in [0.2, 0.25) is 0 Å². The number of nitrogens with zero attached hydrogens (tertiary/aromatic N) is 1. The fraction of sp³-hybridized carbons (Fsp3) is 0.188. The first-order valence-corrected chi connectivity index (χ1v) is 6.42. The molecule has 1 amide bonds. The number of carboxylic acid groups (broad SMARTS) is 1. The van der Waals surface area contributed by atoms with E-state index in [-0.39, 0.29) is 6.04 Å². The molecule has 96 valence electrons. The van der Waals surface area contributed by atoms with E-state index >= 15 is 0 Å². The fourth-order valence-corrected chi connectivity index (χ4v) is 2.66. The molecular weight excluding hydrogens is 238 g/mol. The van der Waals surface area contributed by atoms with E-state index in [2.05, 4.69) is 12.2 Å². The highest BCUT2D eigenvalue weighted by molar-refractivity contribution is 5.73. The standard InChI is InChI=1S/C16H15NO2/c18-16(19)17-11-10-12-6-4-5-9-14(12)15(17)13-7-2-1-3-8-13/h2,4-11,15H,1,3H2,(H,18,19)/t15-/m0/s1. The van der Waals surface area contributed by atoms with E-state index in [0.717, 1.165) is 29.5 Å². The van der Waals surface area contributed by atoms with Crippen molar-refractivity contribution < 1.29 is 9.90 Å². The van der Waals surface area contributed by atoms with E-state index in [1.165, 1.54) is 4.90 Å². The first-order valence-electron chi connectivity index (χ1n) is 6.42. The van der Waals surface area contributed by atoms with E-state index < -0.39 is 6.09 Å². The molecule has 1 aliphatic heterocycles. The quantitative estimate of drug-likeness (QED) is 0.822. The minimum absolute atomic E-state index is 0.227. The second-order valence-corrected chi connectivity index (χ2v) is 4.72. The molecule has 0 aromatic heterocycles. The van der Waals surface area contributed by atoms with E-state index in [0.29, 0.717) is 0 Å². The van der Waals surface area contributed by atoms with E-state index in [1.54, 1.807) is 6.20 Å². The molecule has 0 saturated heterocycles. The first kappa shape index (κ1) is 11.8. The number of rotatable bonds is 1. The number of hydrogen-bond acceptors (Lipinski definition) is 1. The lowest BCUT2D eigenvalue weighted by Crippen LogP contribution is -2.32. The van der Waals surface area contributed by atoms with Gasteiger partial charge in [0.05, 0.1) is 6.04 Å². The second-order valence-electron chi connectivity index (χ2n) is 4.72. The molecule has 3 nitrogen and oxygen atoms in total. The molecule has 1 N–H and O–H groups in total. The number of benzene rings is 1. The summed E-state index contributed by atoms with van der Waals surface area (Å²) in [7, 11) is 0. The summed E-state index contributed by atoms with van der Waals surface area (Å²) in [6.45, 7) is 0. The molecule has 0 spiro atoms. The molecule has 0 fully saturated rings. The third-order valence-electron chi connectivity index (χ3n) is 3.54. The topological polar surface area (TPSA) is 40.5 Å². The number of carbonyl (C=O) groups is 1. The first-order chi connectivity index (χ1) is 9.27. The van der Waals surface area contributed by atoms with Crippen molar-refractivity contribution in [2.24, 2.45) is 0 Å². The van der Waals surface area contributed by atoms with Crippen molar-refractivity contribution in [1.82, 2.24) is 4.90 Å². The molecule has 2 aliphatic rings. The van der Waals surface area contributed by atoms with Gasteiger partial charge in [-0.05, 0) is 35.6 Å². The van der Waals surface area contributed by atoms with Crippen LogP contribution in [0.4, 0.5) is 4.79 Å². The van der Waals surface area contributed by atoms with Gasteiger partial charge in [-0.2, -0.15) is 0 Å². The van der Waals surface area contributed by atoms with Crippen LogP contribution in [-0.2, 0) is 0 Å². The van der Waals surface area contributed by atoms with E-state index in [9.17, 15) is 9.90 Å². The Kier molecular flexibility index (Phi) is 2.95. The summed E-state index contributed by atoms with van der Waals surface area (Å²) < 4.78 is 0. The second kappa shape index (κ2) is 4.76. The molecule has 1 atom stereocenters. The van der Waals surface area contributed by atoms with Gasteiger partial charge in [-0.25, -0.2) is 4.79 Å². The number of hydrogen-bond donors (Lipinski definition) is 1. The number of fused-ring (bicyclic) bond motifs is 1. The summed E-state index contributed by atoms with van der Waals surface area (Å²) in [6, 6.07) is 7.73. The smallest absolute Gasteiger partial charge is 0.412 e. The molecule has 19 heavy (non-hydrogen) atoms. The van der Waals surface area contributed by atoms with Crippen LogP contribution < -0.4 is 0 Å². The Morgan fingerprint density at radius 3 is 2.79 bits per heavy atom. The van der Waals surface area contributed by atoms with Gasteiger partial charge in [0.25, 0.3) is 0 Å². The van der Waals surface area contributed by atoms with Gasteiger partial charge in [-0.15, -0.1) is 0 Å². The molecule has 3 heteroatoms. The van der Waals surface area contributed by atoms with Crippen molar-refractivity contribution in [3.63, 3.8) is 0 Å². The van der Waals surface area contributed by atoms with Gasteiger partial charge in [0.2, 0.25) is 0 Å². The van der Waals surface area contributed by atoms with Crippen molar-refractivity contribution in [1.29, 1.82) is 0 Å². The van der Waals surface area contributed by atoms with Gasteiger partial charge in [-0.3, -0.25) is 4.90 Å². The summed E-state index contributed by atoms with van der Waals surface area (Å²) in [5, 5.41) is 9.39. The van der Waals surface area contributed by atoms with Crippen LogP contribution in [0.25, 0.3) is 6.08 Å². The molecule has 3 rings (SSSR count). The summed E-state index contributed by atoms with van der Waals surface area (Å²) in [6.07, 6.45) is 10.9. The molecule has 0 bridgehead atoms. The lowest BCUT2D eigenvalue weighted by Gasteiger charge is -2.32. The zero-order valence-corrected chi connectivity index (χ0v) is 10.5. The van der Waals surface area contributed by atoms with Gasteiger partial charge < -0.3 is 5.11 Å². The van der Waals surface area contributed by atoms with Crippen LogP contribution in [0.3, 0.4) is 0 Å². The normalized spacial score (nSPS) is 20.9. The van der Waals surface area contributed by atoms with Gasteiger partial charge in [0, 0.05) is 6.20 Å². The van der Waals surface area contributed by atoms with Crippen LogP contribution >= 0.6 is 0 Å². The van der Waals surface area contributed by atoms with Crippen molar-refractivity contribution in [3.05, 3.63) is 65.4 Å². The Balaban J connectivity index is 2.10. The largest absolute Gasteiger partial charge is 0.465 e. The molecular formula is C16H15NO2. The highest BCUT2D eigenvalue weighted by Crippen LogP contribution is 2.37. The van der Waals surface area contributed by atoms with Gasteiger partial charge >= 0.3 is 6.09 Å². The lowest BCUT2D eigenvalue weighted by molar-refractivity contribution is 0.153. The summed E-state index contributed by atoms with van der Waals surface area (Å²) in [4.78, 5) is 12.8. The third kappa shape index (κ3) is 2.08. The lowest BCUT2D eigenvalue weighted by atomic mass is 9.88. The minimum Gasteiger partial charge on any atom is -0.465 e. The van der Waals surface area contributed by atoms with Gasteiger partial charge in [0.1, 0.15) is 0 Å². The van der Waals surface area contributed by atoms with Crippen molar-refractivity contribution in [2.75, 3.05) is 0 Å². The summed E-state index contributed by atoms with van der Waals surface area (Å²) >= 11 is 0. The molecule has 1 aromatic carbocycles. The molecule has 1 heterocycles. The summed E-state index contributed by atoms with van der Waals surface area (Å²) in [5.74, 6) is 0. The minimum atomic E-state index is -0.921. The molecule has 1 aliphatic carbocycles.